The Morgan fingerprint density at radius 1 is 1.00 bits per heavy atom. The summed E-state index contributed by atoms with van der Waals surface area (Å²) in [6.45, 7) is 2.96. The maximum absolute atomic E-state index is 5.79. The highest BCUT2D eigenvalue weighted by molar-refractivity contribution is 7.99. The summed E-state index contributed by atoms with van der Waals surface area (Å²) in [5.41, 5.74) is 7.78. The second-order valence-corrected chi connectivity index (χ2v) is 6.79. The molecule has 5 heteroatoms. The quantitative estimate of drug-likeness (QED) is 0.649. The Bertz CT molecular complexity index is 766. The van der Waals surface area contributed by atoms with Crippen LogP contribution in [0, 0.1) is 0 Å². The van der Waals surface area contributed by atoms with Crippen molar-refractivity contribution in [1.29, 1.82) is 0 Å². The van der Waals surface area contributed by atoms with E-state index in [2.05, 4.69) is 46.0 Å². The molecule has 3 aromatic rings. The number of hydrogen-bond donors (Lipinski definition) is 1. The van der Waals surface area contributed by atoms with Crippen molar-refractivity contribution in [2.45, 2.75) is 42.8 Å². The first-order valence-electron chi connectivity index (χ1n) is 8.25. The molecule has 0 amide bonds. The predicted molar refractivity (Wildman–Crippen MR) is 99.2 cm³/mol. The molecule has 4 nitrogen and oxygen atoms in total. The van der Waals surface area contributed by atoms with Gasteiger partial charge < -0.3 is 10.3 Å². The first kappa shape index (κ1) is 16.6. The van der Waals surface area contributed by atoms with E-state index in [1.807, 2.05) is 30.3 Å². The maximum atomic E-state index is 5.79. The Labute approximate surface area is 147 Å². The Balaban J connectivity index is 1.87. The Morgan fingerprint density at radius 2 is 1.75 bits per heavy atom. The second-order valence-electron chi connectivity index (χ2n) is 5.75. The third kappa shape index (κ3) is 4.17. The molecule has 1 heterocycles. The number of benzene rings is 2. The van der Waals surface area contributed by atoms with Crippen molar-refractivity contribution in [1.82, 2.24) is 14.8 Å². The molecule has 0 bridgehead atoms. The topological polar surface area (TPSA) is 56.7 Å². The first-order chi connectivity index (χ1) is 11.8. The van der Waals surface area contributed by atoms with Crippen LogP contribution < -0.4 is 5.73 Å². The zero-order valence-corrected chi connectivity index (χ0v) is 14.7. The number of nitrogen functional groups attached to an aromatic ring is 1. The maximum Gasteiger partial charge on any atom is 0.196 e. The Kier molecular flexibility index (Phi) is 5.54. The van der Waals surface area contributed by atoms with Gasteiger partial charge in [0.05, 0.1) is 6.54 Å². The van der Waals surface area contributed by atoms with Crippen LogP contribution in [-0.4, -0.2) is 14.8 Å². The van der Waals surface area contributed by atoms with Gasteiger partial charge in [0, 0.05) is 17.0 Å². The zero-order chi connectivity index (χ0) is 16.8. The third-order valence-electron chi connectivity index (χ3n) is 3.82. The van der Waals surface area contributed by atoms with Crippen LogP contribution in [0.3, 0.4) is 0 Å². The summed E-state index contributed by atoms with van der Waals surface area (Å²) in [6, 6.07) is 18.3. The number of aromatic nitrogens is 3. The highest BCUT2D eigenvalue weighted by Crippen LogP contribution is 2.27. The molecule has 0 fully saturated rings. The van der Waals surface area contributed by atoms with Gasteiger partial charge >= 0.3 is 0 Å². The highest BCUT2D eigenvalue weighted by atomic mass is 32.2. The molecule has 0 atom stereocenters. The van der Waals surface area contributed by atoms with Gasteiger partial charge in [0.1, 0.15) is 5.82 Å². The van der Waals surface area contributed by atoms with E-state index in [-0.39, 0.29) is 0 Å². The van der Waals surface area contributed by atoms with Gasteiger partial charge in [-0.2, -0.15) is 0 Å². The highest BCUT2D eigenvalue weighted by Gasteiger charge is 2.13. The van der Waals surface area contributed by atoms with Crippen molar-refractivity contribution in [3.8, 4) is 0 Å². The lowest BCUT2D eigenvalue weighted by molar-refractivity contribution is 0.642. The summed E-state index contributed by atoms with van der Waals surface area (Å²) >= 11 is 1.66. The second kappa shape index (κ2) is 8.02. The zero-order valence-electron chi connectivity index (χ0n) is 13.9. The van der Waals surface area contributed by atoms with E-state index < -0.39 is 0 Å². The normalized spacial score (nSPS) is 10.9. The van der Waals surface area contributed by atoms with Crippen LogP contribution in [-0.2, 0) is 13.0 Å². The fourth-order valence-corrected chi connectivity index (χ4v) is 3.34. The van der Waals surface area contributed by atoms with E-state index in [0.717, 1.165) is 42.5 Å². The molecule has 2 aromatic carbocycles. The molecule has 0 aliphatic heterocycles. The molecular formula is C19H22N4S. The van der Waals surface area contributed by atoms with Gasteiger partial charge in [-0.1, -0.05) is 43.7 Å². The van der Waals surface area contributed by atoms with Gasteiger partial charge in [0.25, 0.3) is 0 Å². The van der Waals surface area contributed by atoms with Crippen LogP contribution >= 0.6 is 11.8 Å². The predicted octanol–water partition coefficient (Wildman–Crippen LogP) is 4.40. The van der Waals surface area contributed by atoms with E-state index in [9.17, 15) is 0 Å². The van der Waals surface area contributed by atoms with Crippen molar-refractivity contribution in [3.05, 3.63) is 66.0 Å². The largest absolute Gasteiger partial charge is 0.399 e. The molecule has 1 aromatic heterocycles. The average molecular weight is 338 g/mol. The molecule has 0 unspecified atom stereocenters. The molecule has 0 radical (unpaired) electrons. The first-order valence-corrected chi connectivity index (χ1v) is 9.07. The van der Waals surface area contributed by atoms with Gasteiger partial charge in [-0.15, -0.1) is 10.2 Å². The van der Waals surface area contributed by atoms with Crippen LogP contribution in [0.5, 0.6) is 0 Å². The molecule has 0 aliphatic carbocycles. The SMILES string of the molecule is CCCCc1nnc(Sc2ccccc2)n1Cc1ccc(N)cc1. The summed E-state index contributed by atoms with van der Waals surface area (Å²) < 4.78 is 2.22. The Hall–Kier alpha value is -2.27. The van der Waals surface area contributed by atoms with Crippen LogP contribution in [0.15, 0.2) is 64.6 Å². The van der Waals surface area contributed by atoms with E-state index in [1.54, 1.807) is 11.8 Å². The number of hydrogen-bond acceptors (Lipinski definition) is 4. The van der Waals surface area contributed by atoms with E-state index in [1.165, 1.54) is 10.5 Å². The van der Waals surface area contributed by atoms with E-state index in [4.69, 9.17) is 5.73 Å². The molecule has 3 rings (SSSR count). The fourth-order valence-electron chi connectivity index (χ4n) is 2.47. The summed E-state index contributed by atoms with van der Waals surface area (Å²) in [6.07, 6.45) is 3.22. The minimum absolute atomic E-state index is 0.765. The van der Waals surface area contributed by atoms with Crippen LogP contribution in [0.1, 0.15) is 31.2 Å². The van der Waals surface area contributed by atoms with Crippen molar-refractivity contribution in [2.75, 3.05) is 5.73 Å². The summed E-state index contributed by atoms with van der Waals surface area (Å²) in [4.78, 5) is 1.17. The average Bonchev–Trinajstić information content (AvgIpc) is 2.97. The number of nitrogens with two attached hydrogens (primary N) is 1. The van der Waals surface area contributed by atoms with Crippen LogP contribution in [0.25, 0.3) is 0 Å². The van der Waals surface area contributed by atoms with Gasteiger partial charge in [0.15, 0.2) is 5.16 Å². The number of unbranched alkanes of at least 4 members (excludes halogenated alkanes) is 1. The van der Waals surface area contributed by atoms with Gasteiger partial charge in [0.2, 0.25) is 0 Å². The standard InChI is InChI=1S/C19H22N4S/c1-2-3-9-18-21-22-19(24-17-7-5-4-6-8-17)23(18)14-15-10-12-16(20)13-11-15/h4-8,10-13H,2-3,9,14,20H2,1H3. The number of rotatable bonds is 7. The van der Waals surface area contributed by atoms with Gasteiger partial charge in [-0.05, 0) is 48.0 Å². The van der Waals surface area contributed by atoms with Crippen molar-refractivity contribution < 1.29 is 0 Å². The molecule has 0 saturated carbocycles. The molecular weight excluding hydrogens is 316 g/mol. The molecule has 124 valence electrons. The lowest BCUT2D eigenvalue weighted by atomic mass is 10.2. The van der Waals surface area contributed by atoms with Crippen molar-refractivity contribution in [3.63, 3.8) is 0 Å². The minimum atomic E-state index is 0.765. The lowest BCUT2D eigenvalue weighted by Gasteiger charge is -2.10. The van der Waals surface area contributed by atoms with E-state index in [0.29, 0.717) is 0 Å². The summed E-state index contributed by atoms with van der Waals surface area (Å²) in [5.74, 6) is 1.05. The lowest BCUT2D eigenvalue weighted by Crippen LogP contribution is -2.07. The number of aryl methyl sites for hydroxylation is 1. The summed E-state index contributed by atoms with van der Waals surface area (Å²) in [5, 5.41) is 9.79. The molecule has 2 N–H and O–H groups in total. The monoisotopic (exact) mass is 338 g/mol. The smallest absolute Gasteiger partial charge is 0.196 e. The van der Waals surface area contributed by atoms with Crippen LogP contribution in [0.4, 0.5) is 5.69 Å². The third-order valence-corrected chi connectivity index (χ3v) is 4.81. The molecule has 0 saturated heterocycles. The Morgan fingerprint density at radius 3 is 2.46 bits per heavy atom. The molecule has 24 heavy (non-hydrogen) atoms. The molecule has 0 spiro atoms. The van der Waals surface area contributed by atoms with E-state index >= 15 is 0 Å². The molecule has 0 aliphatic rings. The minimum Gasteiger partial charge on any atom is -0.399 e. The number of nitrogens with zero attached hydrogens (tertiary/aromatic N) is 3. The number of anilines is 1. The van der Waals surface area contributed by atoms with Gasteiger partial charge in [-0.25, -0.2) is 0 Å². The van der Waals surface area contributed by atoms with Crippen molar-refractivity contribution >= 4 is 17.4 Å². The fraction of sp³-hybridized carbons (Fsp3) is 0.263. The summed E-state index contributed by atoms with van der Waals surface area (Å²) in [7, 11) is 0. The van der Waals surface area contributed by atoms with Crippen LogP contribution in [0.2, 0.25) is 0 Å². The van der Waals surface area contributed by atoms with Crippen molar-refractivity contribution in [2.24, 2.45) is 0 Å². The van der Waals surface area contributed by atoms with Gasteiger partial charge in [-0.3, -0.25) is 0 Å².